The van der Waals surface area contributed by atoms with Crippen LogP contribution in [0.25, 0.3) is 21.9 Å². The van der Waals surface area contributed by atoms with Crippen LogP contribution in [0.15, 0.2) is 44.6 Å². The molecular formula is C42H60N2O8. The maximum absolute atomic E-state index is 14.4. The summed E-state index contributed by atoms with van der Waals surface area (Å²) in [4.78, 5) is 19.2. The van der Waals surface area contributed by atoms with E-state index in [-0.39, 0.29) is 41.0 Å². The zero-order valence-electron chi connectivity index (χ0n) is 31.7. The number of hydrogen-bond acceptors (Lipinski definition) is 10. The van der Waals surface area contributed by atoms with Crippen LogP contribution in [0.5, 0.6) is 17.2 Å². The summed E-state index contributed by atoms with van der Waals surface area (Å²) in [6.07, 6.45) is 11.2. The van der Waals surface area contributed by atoms with Gasteiger partial charge in [-0.25, -0.2) is 0 Å². The van der Waals surface area contributed by atoms with Crippen molar-refractivity contribution in [3.8, 4) is 17.2 Å². The maximum Gasteiger partial charge on any atom is 0.204 e. The predicted molar refractivity (Wildman–Crippen MR) is 207 cm³/mol. The molecule has 4 N–H and O–H groups in total. The highest BCUT2D eigenvalue weighted by Crippen LogP contribution is 2.39. The molecule has 2 aromatic carbocycles. The van der Waals surface area contributed by atoms with Gasteiger partial charge in [0.25, 0.3) is 0 Å². The van der Waals surface area contributed by atoms with Crippen molar-refractivity contribution in [2.45, 2.75) is 111 Å². The normalized spacial score (nSPS) is 16.4. The van der Waals surface area contributed by atoms with Crippen molar-refractivity contribution < 1.29 is 34.3 Å². The van der Waals surface area contributed by atoms with Crippen molar-refractivity contribution in [3.05, 3.63) is 62.3 Å². The van der Waals surface area contributed by atoms with E-state index < -0.39 is 0 Å². The first kappa shape index (κ1) is 39.8. The van der Waals surface area contributed by atoms with Gasteiger partial charge in [-0.05, 0) is 111 Å². The molecule has 3 aromatic rings. The van der Waals surface area contributed by atoms with Gasteiger partial charge in [0.05, 0.1) is 37.4 Å². The average Bonchev–Trinajstić information content (AvgIpc) is 3.11. The van der Waals surface area contributed by atoms with Crippen molar-refractivity contribution in [1.29, 1.82) is 0 Å². The Balaban J connectivity index is 1.43. The minimum absolute atomic E-state index is 0.102. The molecule has 10 nitrogen and oxygen atoms in total. The molecule has 2 aliphatic rings. The molecule has 1 aromatic heterocycles. The van der Waals surface area contributed by atoms with E-state index >= 15 is 0 Å². The van der Waals surface area contributed by atoms with Gasteiger partial charge in [-0.15, -0.1) is 0 Å². The van der Waals surface area contributed by atoms with E-state index in [1.54, 1.807) is 12.1 Å². The minimum Gasteiger partial charge on any atom is -0.507 e. The van der Waals surface area contributed by atoms with Crippen LogP contribution < -0.4 is 14.9 Å². The second kappa shape index (κ2) is 19.1. The smallest absolute Gasteiger partial charge is 0.204 e. The average molecular weight is 721 g/mol. The van der Waals surface area contributed by atoms with Crippen LogP contribution in [0.4, 0.5) is 0 Å². The molecule has 2 saturated heterocycles. The quantitative estimate of drug-likeness (QED) is 0.0706. The number of allylic oxidation sites excluding steroid dienone is 4. The van der Waals surface area contributed by atoms with Crippen LogP contribution >= 0.6 is 0 Å². The number of benzene rings is 2. The highest BCUT2D eigenvalue weighted by atomic mass is 16.5. The standard InChI is InChI=1S/C42H60N2O8/c1-28(2)9-11-32-34(27-45)36(51-24-8-6-18-44-21-15-31(47)16-22-44)26-37-39(32)42(49)40-38(52-37)25-35(33(41(40)48)12-10-29(3)4)50-23-7-5-17-43-19-13-30(46)14-20-43/h9-10,25-26,30-31,45-48H,5-8,11-24,27H2,1-4H3. The fourth-order valence-electron chi connectivity index (χ4n) is 7.25. The molecule has 2 fully saturated rings. The zero-order chi connectivity index (χ0) is 37.2. The molecule has 10 heteroatoms. The van der Waals surface area contributed by atoms with Gasteiger partial charge in [-0.3, -0.25) is 4.79 Å². The van der Waals surface area contributed by atoms with Gasteiger partial charge >= 0.3 is 0 Å². The third-order valence-electron chi connectivity index (χ3n) is 10.4. The van der Waals surface area contributed by atoms with Gasteiger partial charge in [0.1, 0.15) is 33.8 Å². The predicted octanol–water partition coefficient (Wildman–Crippen LogP) is 6.39. The van der Waals surface area contributed by atoms with Crippen LogP contribution in [-0.2, 0) is 19.4 Å². The first-order chi connectivity index (χ1) is 25.0. The molecule has 5 rings (SSSR count). The van der Waals surface area contributed by atoms with Crippen LogP contribution in [0.1, 0.15) is 95.8 Å². The summed E-state index contributed by atoms with van der Waals surface area (Å²) in [7, 11) is 0. The Bertz CT molecular complexity index is 1760. The van der Waals surface area contributed by atoms with Gasteiger partial charge in [-0.2, -0.15) is 0 Å². The number of phenolic OH excluding ortho intramolecular Hbond substituents is 1. The number of ether oxygens (including phenoxy) is 2. The number of fused-ring (bicyclic) bond motifs is 2. The van der Waals surface area contributed by atoms with E-state index in [2.05, 4.69) is 9.80 Å². The summed E-state index contributed by atoms with van der Waals surface area (Å²) in [6, 6.07) is 3.43. The summed E-state index contributed by atoms with van der Waals surface area (Å²) < 4.78 is 19.0. The van der Waals surface area contributed by atoms with Gasteiger partial charge in [0.15, 0.2) is 0 Å². The summed E-state index contributed by atoms with van der Waals surface area (Å²) in [5.41, 5.74) is 4.09. The summed E-state index contributed by atoms with van der Waals surface area (Å²) >= 11 is 0. The Morgan fingerprint density at radius 3 is 1.67 bits per heavy atom. The zero-order valence-corrected chi connectivity index (χ0v) is 31.7. The number of aromatic hydroxyl groups is 1. The summed E-state index contributed by atoms with van der Waals surface area (Å²) in [6.45, 7) is 14.1. The molecule has 0 aliphatic carbocycles. The molecule has 0 saturated carbocycles. The van der Waals surface area contributed by atoms with Gasteiger partial charge in [-0.1, -0.05) is 23.3 Å². The lowest BCUT2D eigenvalue weighted by Crippen LogP contribution is -2.36. The van der Waals surface area contributed by atoms with Crippen LogP contribution in [0.3, 0.4) is 0 Å². The van der Waals surface area contributed by atoms with Gasteiger partial charge < -0.3 is 44.1 Å². The van der Waals surface area contributed by atoms with Crippen molar-refractivity contribution in [1.82, 2.24) is 9.80 Å². The molecule has 0 bridgehead atoms. The monoisotopic (exact) mass is 720 g/mol. The first-order valence-electron chi connectivity index (χ1n) is 19.3. The number of aliphatic hydroxyl groups excluding tert-OH is 3. The van der Waals surface area contributed by atoms with E-state index in [1.807, 2.05) is 39.8 Å². The molecule has 0 radical (unpaired) electrons. The van der Waals surface area contributed by atoms with Gasteiger partial charge in [0.2, 0.25) is 5.43 Å². The molecule has 3 heterocycles. The largest absolute Gasteiger partial charge is 0.507 e. The highest BCUT2D eigenvalue weighted by molar-refractivity contribution is 5.97. The van der Waals surface area contributed by atoms with Crippen molar-refractivity contribution in [2.24, 2.45) is 0 Å². The topological polar surface area (TPSA) is 136 Å². The molecule has 0 unspecified atom stereocenters. The Morgan fingerprint density at radius 2 is 1.19 bits per heavy atom. The van der Waals surface area contributed by atoms with Crippen molar-refractivity contribution in [2.75, 3.05) is 52.5 Å². The van der Waals surface area contributed by atoms with E-state index in [0.717, 1.165) is 102 Å². The van der Waals surface area contributed by atoms with E-state index in [4.69, 9.17) is 13.9 Å². The molecule has 0 atom stereocenters. The fraction of sp³-hybridized carbons (Fsp3) is 0.595. The van der Waals surface area contributed by atoms with Crippen LogP contribution in [0.2, 0.25) is 0 Å². The second-order valence-electron chi connectivity index (χ2n) is 15.1. The Hall–Kier alpha value is -3.41. The highest BCUT2D eigenvalue weighted by Gasteiger charge is 2.24. The fourth-order valence-corrected chi connectivity index (χ4v) is 7.25. The lowest BCUT2D eigenvalue weighted by molar-refractivity contribution is 0.0810. The molecule has 2 aliphatic heterocycles. The number of hydrogen-bond donors (Lipinski definition) is 4. The molecule has 0 amide bonds. The van der Waals surface area contributed by atoms with E-state index in [1.165, 1.54) is 0 Å². The SMILES string of the molecule is CC(C)=CCc1c(OCCCCN2CCC(O)CC2)cc2oc3cc(OCCCCN4CCC(O)CC4)c(CO)c(CC=C(C)C)c3c(=O)c2c1O. The molecular weight excluding hydrogens is 660 g/mol. The van der Waals surface area contributed by atoms with Crippen LogP contribution in [0, 0.1) is 0 Å². The number of likely N-dealkylation sites (tertiary alicyclic amines) is 2. The lowest BCUT2D eigenvalue weighted by Gasteiger charge is -2.29. The first-order valence-corrected chi connectivity index (χ1v) is 19.3. The number of piperidine rings is 2. The Kier molecular flexibility index (Phi) is 14.6. The number of rotatable bonds is 17. The van der Waals surface area contributed by atoms with Gasteiger partial charge in [0, 0.05) is 49.4 Å². The molecule has 286 valence electrons. The van der Waals surface area contributed by atoms with Crippen LogP contribution in [-0.4, -0.2) is 94.9 Å². The number of nitrogens with zero attached hydrogens (tertiary/aromatic N) is 2. The number of aliphatic hydroxyl groups is 3. The maximum atomic E-state index is 14.4. The third kappa shape index (κ3) is 10.4. The van der Waals surface area contributed by atoms with E-state index in [0.29, 0.717) is 65.2 Å². The second-order valence-corrected chi connectivity index (χ2v) is 15.1. The molecule has 52 heavy (non-hydrogen) atoms. The Morgan fingerprint density at radius 1 is 0.731 bits per heavy atom. The number of phenols is 1. The molecule has 0 spiro atoms. The number of unbranched alkanes of at least 4 members (excludes halogenated alkanes) is 2. The lowest BCUT2D eigenvalue weighted by atomic mass is 9.95. The summed E-state index contributed by atoms with van der Waals surface area (Å²) in [5.74, 6) is 0.831. The van der Waals surface area contributed by atoms with Crippen molar-refractivity contribution in [3.63, 3.8) is 0 Å². The van der Waals surface area contributed by atoms with Crippen molar-refractivity contribution >= 4 is 21.9 Å². The van der Waals surface area contributed by atoms with E-state index in [9.17, 15) is 25.2 Å². The minimum atomic E-state index is -0.351. The third-order valence-corrected chi connectivity index (χ3v) is 10.4. The Labute approximate surface area is 308 Å². The summed E-state index contributed by atoms with van der Waals surface area (Å²) in [5, 5.41) is 42.4.